The van der Waals surface area contributed by atoms with Gasteiger partial charge in [0, 0.05) is 12.1 Å². The van der Waals surface area contributed by atoms with E-state index in [0.717, 1.165) is 18.4 Å². The van der Waals surface area contributed by atoms with Gasteiger partial charge in [-0.2, -0.15) is 0 Å². The van der Waals surface area contributed by atoms with Crippen molar-refractivity contribution >= 4 is 11.4 Å². The van der Waals surface area contributed by atoms with Crippen LogP contribution >= 0.6 is 0 Å². The predicted octanol–water partition coefficient (Wildman–Crippen LogP) is 4.34. The predicted molar refractivity (Wildman–Crippen MR) is 85.7 cm³/mol. The van der Waals surface area contributed by atoms with Crippen LogP contribution in [0.15, 0.2) is 48.5 Å². The van der Waals surface area contributed by atoms with Crippen LogP contribution in [0.1, 0.15) is 24.5 Å². The zero-order valence-electron chi connectivity index (χ0n) is 12.4. The van der Waals surface area contributed by atoms with Crippen LogP contribution in [0.25, 0.3) is 0 Å². The minimum absolute atomic E-state index is 0.140. The molecule has 21 heavy (non-hydrogen) atoms. The molecule has 1 N–H and O–H groups in total. The number of hydrogen-bond acceptors (Lipinski definition) is 3. The van der Waals surface area contributed by atoms with Gasteiger partial charge in [-0.05, 0) is 43.9 Å². The van der Waals surface area contributed by atoms with Gasteiger partial charge in [-0.25, -0.2) is 0 Å². The number of nitro groups is 1. The highest BCUT2D eigenvalue weighted by Gasteiger charge is 2.15. The number of rotatable bonds is 6. The average molecular weight is 284 g/mol. The molecule has 0 aromatic heterocycles. The molecule has 0 amide bonds. The zero-order chi connectivity index (χ0) is 15.2. The van der Waals surface area contributed by atoms with Crippen LogP contribution in [-0.2, 0) is 6.42 Å². The average Bonchev–Trinajstić information content (AvgIpc) is 2.48. The molecular weight excluding hydrogens is 264 g/mol. The summed E-state index contributed by atoms with van der Waals surface area (Å²) < 4.78 is 0. The second-order valence-electron chi connectivity index (χ2n) is 5.35. The third-order valence-corrected chi connectivity index (χ3v) is 3.46. The number of nitro benzene ring substituents is 1. The van der Waals surface area contributed by atoms with Gasteiger partial charge in [-0.3, -0.25) is 10.1 Å². The van der Waals surface area contributed by atoms with E-state index >= 15 is 0 Å². The molecule has 110 valence electrons. The van der Waals surface area contributed by atoms with Gasteiger partial charge in [-0.1, -0.05) is 36.4 Å². The topological polar surface area (TPSA) is 55.2 Å². The van der Waals surface area contributed by atoms with Crippen LogP contribution in [0.3, 0.4) is 0 Å². The molecule has 4 nitrogen and oxygen atoms in total. The van der Waals surface area contributed by atoms with Gasteiger partial charge in [0.25, 0.3) is 5.69 Å². The SMILES string of the molecule is Cc1ccc(NC(C)CCc2ccccc2)c([N+](=O)[O-])c1. The highest BCUT2D eigenvalue weighted by molar-refractivity contribution is 5.62. The van der Waals surface area contributed by atoms with Gasteiger partial charge in [0.1, 0.15) is 5.69 Å². The Kier molecular flexibility index (Phi) is 4.93. The molecule has 4 heteroatoms. The monoisotopic (exact) mass is 284 g/mol. The molecule has 0 aliphatic rings. The molecule has 0 fully saturated rings. The van der Waals surface area contributed by atoms with E-state index in [9.17, 15) is 10.1 Å². The number of aryl methyl sites for hydroxylation is 2. The maximum atomic E-state index is 11.1. The molecule has 0 bridgehead atoms. The lowest BCUT2D eigenvalue weighted by molar-refractivity contribution is -0.384. The molecule has 2 aromatic carbocycles. The van der Waals surface area contributed by atoms with Crippen molar-refractivity contribution in [2.75, 3.05) is 5.32 Å². The quantitative estimate of drug-likeness (QED) is 0.634. The Balaban J connectivity index is 1.99. The van der Waals surface area contributed by atoms with Crippen LogP contribution in [-0.4, -0.2) is 11.0 Å². The minimum atomic E-state index is -0.334. The fourth-order valence-corrected chi connectivity index (χ4v) is 2.28. The Morgan fingerprint density at radius 2 is 1.90 bits per heavy atom. The molecule has 0 aliphatic heterocycles. The van der Waals surface area contributed by atoms with Gasteiger partial charge in [0.2, 0.25) is 0 Å². The maximum Gasteiger partial charge on any atom is 0.292 e. The van der Waals surface area contributed by atoms with Crippen LogP contribution in [0.4, 0.5) is 11.4 Å². The molecule has 1 atom stereocenters. The van der Waals surface area contributed by atoms with Crippen LogP contribution in [0, 0.1) is 17.0 Å². The van der Waals surface area contributed by atoms with Gasteiger partial charge in [-0.15, -0.1) is 0 Å². The summed E-state index contributed by atoms with van der Waals surface area (Å²) in [6.07, 6.45) is 1.88. The van der Waals surface area contributed by atoms with Crippen molar-refractivity contribution in [2.45, 2.75) is 32.7 Å². The van der Waals surface area contributed by atoms with Crippen molar-refractivity contribution in [3.05, 3.63) is 69.8 Å². The fraction of sp³-hybridized carbons (Fsp3) is 0.294. The molecule has 0 radical (unpaired) electrons. The van der Waals surface area contributed by atoms with Crippen LogP contribution in [0.5, 0.6) is 0 Å². The van der Waals surface area contributed by atoms with Gasteiger partial charge >= 0.3 is 0 Å². The first-order valence-corrected chi connectivity index (χ1v) is 7.12. The maximum absolute atomic E-state index is 11.1. The summed E-state index contributed by atoms with van der Waals surface area (Å²) in [5, 5.41) is 14.3. The van der Waals surface area contributed by atoms with E-state index in [1.807, 2.05) is 38.1 Å². The Morgan fingerprint density at radius 1 is 1.19 bits per heavy atom. The Labute approximate surface area is 125 Å². The molecule has 0 heterocycles. The third-order valence-electron chi connectivity index (χ3n) is 3.46. The summed E-state index contributed by atoms with van der Waals surface area (Å²) in [4.78, 5) is 10.8. The number of benzene rings is 2. The van der Waals surface area contributed by atoms with Gasteiger partial charge < -0.3 is 5.32 Å². The summed E-state index contributed by atoms with van der Waals surface area (Å²) in [5.41, 5.74) is 2.90. The summed E-state index contributed by atoms with van der Waals surface area (Å²) in [5.74, 6) is 0. The molecule has 1 unspecified atom stereocenters. The summed E-state index contributed by atoms with van der Waals surface area (Å²) in [6.45, 7) is 3.90. The number of hydrogen-bond donors (Lipinski definition) is 1. The number of nitrogens with zero attached hydrogens (tertiary/aromatic N) is 1. The van der Waals surface area contributed by atoms with Crippen molar-refractivity contribution in [3.63, 3.8) is 0 Å². The normalized spacial score (nSPS) is 11.9. The van der Waals surface area contributed by atoms with E-state index in [4.69, 9.17) is 0 Å². The largest absolute Gasteiger partial charge is 0.377 e. The molecular formula is C17H20N2O2. The third kappa shape index (κ3) is 4.31. The lowest BCUT2D eigenvalue weighted by atomic mass is 10.1. The second-order valence-corrected chi connectivity index (χ2v) is 5.35. The van der Waals surface area contributed by atoms with Crippen molar-refractivity contribution in [3.8, 4) is 0 Å². The van der Waals surface area contributed by atoms with Crippen molar-refractivity contribution in [1.82, 2.24) is 0 Å². The number of nitrogens with one attached hydrogen (secondary N) is 1. The first kappa shape index (κ1) is 15.0. The van der Waals surface area contributed by atoms with E-state index in [0.29, 0.717) is 5.69 Å². The second kappa shape index (κ2) is 6.88. The fourth-order valence-electron chi connectivity index (χ4n) is 2.28. The van der Waals surface area contributed by atoms with Crippen molar-refractivity contribution in [1.29, 1.82) is 0 Å². The summed E-state index contributed by atoms with van der Waals surface area (Å²) in [6, 6.07) is 15.7. The van der Waals surface area contributed by atoms with Crippen molar-refractivity contribution < 1.29 is 4.92 Å². The zero-order valence-corrected chi connectivity index (χ0v) is 12.4. The summed E-state index contributed by atoms with van der Waals surface area (Å²) >= 11 is 0. The van der Waals surface area contributed by atoms with Crippen molar-refractivity contribution in [2.24, 2.45) is 0 Å². The van der Waals surface area contributed by atoms with E-state index in [-0.39, 0.29) is 16.7 Å². The van der Waals surface area contributed by atoms with Gasteiger partial charge in [0.05, 0.1) is 4.92 Å². The molecule has 0 aliphatic carbocycles. The first-order chi connectivity index (χ1) is 10.1. The van der Waals surface area contributed by atoms with E-state index in [1.54, 1.807) is 12.1 Å². The molecule has 0 spiro atoms. The van der Waals surface area contributed by atoms with E-state index in [1.165, 1.54) is 5.56 Å². The Hall–Kier alpha value is -2.36. The highest BCUT2D eigenvalue weighted by atomic mass is 16.6. The molecule has 0 saturated carbocycles. The minimum Gasteiger partial charge on any atom is -0.377 e. The molecule has 0 saturated heterocycles. The van der Waals surface area contributed by atoms with Gasteiger partial charge in [0.15, 0.2) is 0 Å². The summed E-state index contributed by atoms with van der Waals surface area (Å²) in [7, 11) is 0. The lowest BCUT2D eigenvalue weighted by Crippen LogP contribution is -2.17. The number of anilines is 1. The van der Waals surface area contributed by atoms with Crippen LogP contribution in [0.2, 0.25) is 0 Å². The highest BCUT2D eigenvalue weighted by Crippen LogP contribution is 2.26. The molecule has 2 rings (SSSR count). The molecule has 2 aromatic rings. The first-order valence-electron chi connectivity index (χ1n) is 7.12. The van der Waals surface area contributed by atoms with E-state index < -0.39 is 0 Å². The smallest absolute Gasteiger partial charge is 0.292 e. The Morgan fingerprint density at radius 3 is 2.57 bits per heavy atom. The standard InChI is InChI=1S/C17H20N2O2/c1-13-8-11-16(17(12-13)19(20)21)18-14(2)9-10-15-6-4-3-5-7-15/h3-8,11-12,14,18H,9-10H2,1-2H3. The Bertz CT molecular complexity index is 611. The van der Waals surface area contributed by atoms with Crippen LogP contribution < -0.4 is 5.32 Å². The van der Waals surface area contributed by atoms with E-state index in [2.05, 4.69) is 17.4 Å². The lowest BCUT2D eigenvalue weighted by Gasteiger charge is -2.15.